The minimum atomic E-state index is -0.541. The van der Waals surface area contributed by atoms with Crippen LogP contribution in [0.2, 0.25) is 0 Å². The van der Waals surface area contributed by atoms with Crippen LogP contribution < -0.4 is 15.4 Å². The highest BCUT2D eigenvalue weighted by atomic mass is 16.6. The second-order valence-corrected chi connectivity index (χ2v) is 8.84. The standard InChI is InChI=1S/C22H34N4O5/c1-15(27)23-18-10-9-17(12-19(18)30-6)24-20(28)26-11-7-8-16(14-26)13-25(5)21(29)31-22(2,3)4/h9-10,12,16H,7-8,11,13-14H2,1-6H3,(H,23,27)(H,24,28). The Morgan fingerprint density at radius 1 is 1.23 bits per heavy atom. The maximum absolute atomic E-state index is 12.8. The minimum Gasteiger partial charge on any atom is -0.494 e. The molecule has 0 aromatic heterocycles. The molecule has 1 heterocycles. The summed E-state index contributed by atoms with van der Waals surface area (Å²) in [6.07, 6.45) is 1.45. The van der Waals surface area contributed by atoms with E-state index in [0.717, 1.165) is 12.8 Å². The van der Waals surface area contributed by atoms with Crippen LogP contribution in [0.4, 0.5) is 21.0 Å². The van der Waals surface area contributed by atoms with Crippen molar-refractivity contribution < 1.29 is 23.9 Å². The number of anilines is 2. The van der Waals surface area contributed by atoms with E-state index in [0.29, 0.717) is 36.8 Å². The van der Waals surface area contributed by atoms with Gasteiger partial charge >= 0.3 is 12.1 Å². The number of hydrogen-bond acceptors (Lipinski definition) is 5. The molecule has 1 aromatic carbocycles. The predicted molar refractivity (Wildman–Crippen MR) is 119 cm³/mol. The van der Waals surface area contributed by atoms with Crippen LogP contribution in [0.5, 0.6) is 5.75 Å². The lowest BCUT2D eigenvalue weighted by Crippen LogP contribution is -2.46. The number of nitrogens with zero attached hydrogens (tertiary/aromatic N) is 2. The van der Waals surface area contributed by atoms with E-state index in [1.165, 1.54) is 14.0 Å². The highest BCUT2D eigenvalue weighted by Gasteiger charge is 2.27. The number of carbonyl (C=O) groups is 3. The molecule has 2 N–H and O–H groups in total. The van der Waals surface area contributed by atoms with E-state index in [1.54, 1.807) is 35.0 Å². The number of rotatable bonds is 5. The first kappa shape index (κ1) is 24.3. The van der Waals surface area contributed by atoms with E-state index in [9.17, 15) is 14.4 Å². The number of urea groups is 1. The summed E-state index contributed by atoms with van der Waals surface area (Å²) in [4.78, 5) is 39.6. The molecule has 0 bridgehead atoms. The van der Waals surface area contributed by atoms with Crippen LogP contribution in [0.15, 0.2) is 18.2 Å². The average molecular weight is 435 g/mol. The maximum atomic E-state index is 12.8. The van der Waals surface area contributed by atoms with Crippen molar-refractivity contribution in [2.45, 2.75) is 46.1 Å². The molecule has 0 saturated carbocycles. The zero-order valence-electron chi connectivity index (χ0n) is 19.3. The Morgan fingerprint density at radius 2 is 1.94 bits per heavy atom. The van der Waals surface area contributed by atoms with Crippen LogP contribution in [-0.2, 0) is 9.53 Å². The number of carbonyl (C=O) groups excluding carboxylic acids is 3. The molecule has 1 saturated heterocycles. The molecule has 4 amide bonds. The number of benzene rings is 1. The summed E-state index contributed by atoms with van der Waals surface area (Å²) >= 11 is 0. The number of ether oxygens (including phenoxy) is 2. The molecule has 1 fully saturated rings. The number of amides is 4. The van der Waals surface area contributed by atoms with Gasteiger partial charge in [0.2, 0.25) is 5.91 Å². The second-order valence-electron chi connectivity index (χ2n) is 8.84. The Morgan fingerprint density at radius 3 is 2.55 bits per heavy atom. The molecular formula is C22H34N4O5. The van der Waals surface area contributed by atoms with Crippen molar-refractivity contribution in [1.82, 2.24) is 9.80 Å². The average Bonchev–Trinajstić information content (AvgIpc) is 2.67. The fourth-order valence-electron chi connectivity index (χ4n) is 3.46. The highest BCUT2D eigenvalue weighted by Crippen LogP contribution is 2.28. The molecule has 9 nitrogen and oxygen atoms in total. The van der Waals surface area contributed by atoms with Crippen molar-refractivity contribution in [3.63, 3.8) is 0 Å². The van der Waals surface area contributed by atoms with E-state index >= 15 is 0 Å². The number of nitrogens with one attached hydrogen (secondary N) is 2. The van der Waals surface area contributed by atoms with Gasteiger partial charge in [0.25, 0.3) is 0 Å². The Kier molecular flexibility index (Phi) is 8.13. The number of methoxy groups -OCH3 is 1. The Labute approximate surface area is 184 Å². The fraction of sp³-hybridized carbons (Fsp3) is 0.591. The molecule has 0 spiro atoms. The van der Waals surface area contributed by atoms with Gasteiger partial charge in [-0.1, -0.05) is 0 Å². The molecule has 0 radical (unpaired) electrons. The molecule has 172 valence electrons. The van der Waals surface area contributed by atoms with Gasteiger partial charge in [0.1, 0.15) is 11.4 Å². The normalized spacial score (nSPS) is 16.3. The summed E-state index contributed by atoms with van der Waals surface area (Å²) in [7, 11) is 3.22. The Bertz CT molecular complexity index is 806. The first-order valence-electron chi connectivity index (χ1n) is 10.4. The lowest BCUT2D eigenvalue weighted by molar-refractivity contribution is -0.114. The summed E-state index contributed by atoms with van der Waals surface area (Å²) in [5.41, 5.74) is 0.570. The van der Waals surface area contributed by atoms with Gasteiger partial charge in [-0.3, -0.25) is 4.79 Å². The number of hydrogen-bond donors (Lipinski definition) is 2. The molecular weight excluding hydrogens is 400 g/mol. The molecule has 1 unspecified atom stereocenters. The van der Waals surface area contributed by atoms with Crippen LogP contribution in [0.25, 0.3) is 0 Å². The van der Waals surface area contributed by atoms with Crippen molar-refractivity contribution in [3.05, 3.63) is 18.2 Å². The van der Waals surface area contributed by atoms with Gasteiger partial charge in [-0.2, -0.15) is 0 Å². The molecule has 0 aliphatic carbocycles. The molecule has 1 atom stereocenters. The summed E-state index contributed by atoms with van der Waals surface area (Å²) in [5, 5.41) is 5.57. The number of piperidine rings is 1. The quantitative estimate of drug-likeness (QED) is 0.735. The first-order valence-corrected chi connectivity index (χ1v) is 10.4. The van der Waals surface area contributed by atoms with Gasteiger partial charge in [0.15, 0.2) is 0 Å². The lowest BCUT2D eigenvalue weighted by atomic mass is 9.98. The third-order valence-electron chi connectivity index (χ3n) is 4.81. The fourth-order valence-corrected chi connectivity index (χ4v) is 3.46. The van der Waals surface area contributed by atoms with Gasteiger partial charge in [-0.15, -0.1) is 0 Å². The van der Waals surface area contributed by atoms with Crippen molar-refractivity contribution in [2.24, 2.45) is 5.92 Å². The minimum absolute atomic E-state index is 0.175. The van der Waals surface area contributed by atoms with Crippen molar-refractivity contribution in [2.75, 3.05) is 44.4 Å². The van der Waals surface area contributed by atoms with Gasteiger partial charge in [0.05, 0.1) is 12.8 Å². The lowest BCUT2D eigenvalue weighted by Gasteiger charge is -2.35. The van der Waals surface area contributed by atoms with Crippen LogP contribution in [0, 0.1) is 5.92 Å². The monoisotopic (exact) mass is 434 g/mol. The second kappa shape index (κ2) is 10.4. The van der Waals surface area contributed by atoms with Crippen molar-refractivity contribution >= 4 is 29.4 Å². The Hall–Kier alpha value is -2.97. The molecule has 31 heavy (non-hydrogen) atoms. The van der Waals surface area contributed by atoms with Crippen molar-refractivity contribution in [3.8, 4) is 5.75 Å². The molecule has 1 aliphatic rings. The largest absolute Gasteiger partial charge is 0.494 e. The van der Waals surface area contributed by atoms with E-state index in [4.69, 9.17) is 9.47 Å². The summed E-state index contributed by atoms with van der Waals surface area (Å²) in [6.45, 7) is 8.66. The highest BCUT2D eigenvalue weighted by molar-refractivity contribution is 5.93. The summed E-state index contributed by atoms with van der Waals surface area (Å²) in [6, 6.07) is 4.86. The summed E-state index contributed by atoms with van der Waals surface area (Å²) in [5.74, 6) is 0.433. The van der Waals surface area contributed by atoms with E-state index in [1.807, 2.05) is 20.8 Å². The van der Waals surface area contributed by atoms with Gasteiger partial charge < -0.3 is 29.9 Å². The molecule has 1 aliphatic heterocycles. The van der Waals surface area contributed by atoms with Gasteiger partial charge in [0, 0.05) is 45.4 Å². The number of likely N-dealkylation sites (tertiary alicyclic amines) is 1. The first-order chi connectivity index (χ1) is 14.5. The maximum Gasteiger partial charge on any atom is 0.410 e. The molecule has 9 heteroatoms. The van der Waals surface area contributed by atoms with Crippen LogP contribution >= 0.6 is 0 Å². The van der Waals surface area contributed by atoms with E-state index in [-0.39, 0.29) is 23.9 Å². The SMILES string of the molecule is COc1cc(NC(=O)N2CCCC(CN(C)C(=O)OC(C)(C)C)C2)ccc1NC(C)=O. The predicted octanol–water partition coefficient (Wildman–Crippen LogP) is 3.76. The van der Waals surface area contributed by atoms with Crippen LogP contribution in [-0.4, -0.2) is 67.2 Å². The van der Waals surface area contributed by atoms with Gasteiger partial charge in [-0.25, -0.2) is 9.59 Å². The van der Waals surface area contributed by atoms with E-state index in [2.05, 4.69) is 10.6 Å². The smallest absolute Gasteiger partial charge is 0.410 e. The van der Waals surface area contributed by atoms with Crippen LogP contribution in [0.1, 0.15) is 40.5 Å². The third kappa shape index (κ3) is 7.66. The molecule has 1 aromatic rings. The molecule has 2 rings (SSSR count). The van der Waals surface area contributed by atoms with Gasteiger partial charge in [-0.05, 0) is 51.7 Å². The van der Waals surface area contributed by atoms with Crippen molar-refractivity contribution in [1.29, 1.82) is 0 Å². The summed E-state index contributed by atoms with van der Waals surface area (Å²) < 4.78 is 10.7. The zero-order chi connectivity index (χ0) is 23.2. The van der Waals surface area contributed by atoms with E-state index < -0.39 is 5.60 Å². The Balaban J connectivity index is 1.95. The topological polar surface area (TPSA) is 100 Å². The van der Waals surface area contributed by atoms with Crippen LogP contribution in [0.3, 0.4) is 0 Å². The zero-order valence-corrected chi connectivity index (χ0v) is 19.3. The third-order valence-corrected chi connectivity index (χ3v) is 4.81.